The Balaban J connectivity index is 2.91. The van der Waals surface area contributed by atoms with E-state index in [0.29, 0.717) is 0 Å². The van der Waals surface area contributed by atoms with Crippen LogP contribution in [0.2, 0.25) is 5.02 Å². The van der Waals surface area contributed by atoms with Gasteiger partial charge in [-0.1, -0.05) is 11.6 Å². The number of aromatic carboxylic acids is 1. The Morgan fingerprint density at radius 3 is 2.53 bits per heavy atom. The van der Waals surface area contributed by atoms with Gasteiger partial charge in [-0.05, 0) is 26.0 Å². The molecule has 0 saturated carbocycles. The average Bonchev–Trinajstić information content (AvgIpc) is 2.26. The number of nitrogens with zero attached hydrogens (tertiary/aromatic N) is 1. The maximum atomic E-state index is 11.5. The zero-order valence-electron chi connectivity index (χ0n) is 10.8. The summed E-state index contributed by atoms with van der Waals surface area (Å²) < 4.78 is 22.1. The van der Waals surface area contributed by atoms with Crippen LogP contribution in [0.5, 0.6) is 0 Å². The average molecular weight is 307 g/mol. The van der Waals surface area contributed by atoms with Crippen LogP contribution < -0.4 is 5.32 Å². The van der Waals surface area contributed by atoms with Crippen molar-refractivity contribution in [2.75, 3.05) is 18.1 Å². The first-order valence-electron chi connectivity index (χ1n) is 5.38. The predicted octanol–water partition coefficient (Wildman–Crippen LogP) is 1.67. The van der Waals surface area contributed by atoms with Gasteiger partial charge in [0.2, 0.25) is 0 Å². The molecule has 1 aromatic heterocycles. The number of carbonyl (C=O) groups is 1. The minimum Gasteiger partial charge on any atom is -0.476 e. The lowest BCUT2D eigenvalue weighted by Gasteiger charge is -2.23. The van der Waals surface area contributed by atoms with E-state index in [1.165, 1.54) is 12.1 Å². The molecule has 0 bridgehead atoms. The van der Waals surface area contributed by atoms with Crippen molar-refractivity contribution in [1.29, 1.82) is 0 Å². The second kappa shape index (κ2) is 5.34. The van der Waals surface area contributed by atoms with Crippen LogP contribution in [0, 0.1) is 0 Å². The Bertz CT molecular complexity index is 599. The Labute approximate surface area is 116 Å². The van der Waals surface area contributed by atoms with Gasteiger partial charge in [0.15, 0.2) is 15.5 Å². The van der Waals surface area contributed by atoms with Gasteiger partial charge in [0.05, 0.1) is 9.77 Å². The Kier molecular flexibility index (Phi) is 4.42. The molecule has 0 atom stereocenters. The quantitative estimate of drug-likeness (QED) is 0.859. The van der Waals surface area contributed by atoms with Crippen LogP contribution in [0.4, 0.5) is 5.82 Å². The lowest BCUT2D eigenvalue weighted by atomic mass is 10.2. The lowest BCUT2D eigenvalue weighted by molar-refractivity contribution is 0.0691. The van der Waals surface area contributed by atoms with Gasteiger partial charge in [0.25, 0.3) is 0 Å². The number of hydrogen-bond acceptors (Lipinski definition) is 5. The molecule has 0 aromatic carbocycles. The third-order valence-electron chi connectivity index (χ3n) is 2.75. The molecule has 0 saturated heterocycles. The number of anilines is 1. The van der Waals surface area contributed by atoms with Gasteiger partial charge in [-0.3, -0.25) is 0 Å². The molecule has 0 fully saturated rings. The number of carboxylic acid groups (broad SMARTS) is 1. The van der Waals surface area contributed by atoms with Gasteiger partial charge in [-0.2, -0.15) is 0 Å². The third kappa shape index (κ3) is 3.81. The van der Waals surface area contributed by atoms with Crippen LogP contribution in [-0.2, 0) is 9.84 Å². The fourth-order valence-electron chi connectivity index (χ4n) is 1.13. The van der Waals surface area contributed by atoms with Gasteiger partial charge in [-0.15, -0.1) is 0 Å². The second-order valence-electron chi connectivity index (χ2n) is 4.72. The normalized spacial score (nSPS) is 12.2. The molecular weight excluding hydrogens is 292 g/mol. The summed E-state index contributed by atoms with van der Waals surface area (Å²) in [4.78, 5) is 14.7. The summed E-state index contributed by atoms with van der Waals surface area (Å²) in [7, 11) is -3.24. The fourth-order valence-corrected chi connectivity index (χ4v) is 1.65. The van der Waals surface area contributed by atoms with Crippen molar-refractivity contribution in [2.24, 2.45) is 0 Å². The molecule has 1 aromatic rings. The minimum absolute atomic E-state index is 0.0282. The number of hydrogen-bond donors (Lipinski definition) is 2. The van der Waals surface area contributed by atoms with Crippen molar-refractivity contribution >= 4 is 33.2 Å². The monoisotopic (exact) mass is 306 g/mol. The van der Waals surface area contributed by atoms with E-state index >= 15 is 0 Å². The Hall–Kier alpha value is -1.34. The first-order chi connectivity index (χ1) is 8.54. The molecule has 6 nitrogen and oxygen atoms in total. The van der Waals surface area contributed by atoms with E-state index in [2.05, 4.69) is 10.3 Å². The zero-order chi connectivity index (χ0) is 14.8. The number of nitrogens with one attached hydrogen (secondary N) is 1. The number of rotatable bonds is 5. The second-order valence-corrected chi connectivity index (χ2v) is 7.77. The van der Waals surface area contributed by atoms with E-state index < -0.39 is 20.6 Å². The number of carboxylic acids is 1. The Morgan fingerprint density at radius 2 is 2.05 bits per heavy atom. The molecule has 0 unspecified atom stereocenters. The molecule has 0 spiro atoms. The maximum Gasteiger partial charge on any atom is 0.356 e. The predicted molar refractivity (Wildman–Crippen MR) is 73.6 cm³/mol. The molecular formula is C11H15ClN2O4S. The highest BCUT2D eigenvalue weighted by Crippen LogP contribution is 2.19. The lowest BCUT2D eigenvalue weighted by Crippen LogP contribution is -2.38. The Morgan fingerprint density at radius 1 is 1.47 bits per heavy atom. The smallest absolute Gasteiger partial charge is 0.356 e. The molecule has 0 amide bonds. The van der Waals surface area contributed by atoms with E-state index in [4.69, 9.17) is 16.7 Å². The largest absolute Gasteiger partial charge is 0.476 e. The summed E-state index contributed by atoms with van der Waals surface area (Å²) in [5.41, 5.74) is -0.274. The van der Waals surface area contributed by atoms with Crippen molar-refractivity contribution in [3.63, 3.8) is 0 Å². The SMILES string of the molecule is CC(C)(CNc1ccc(Cl)c(C(=O)O)n1)S(C)(=O)=O. The number of halogens is 1. The van der Waals surface area contributed by atoms with E-state index in [1.807, 2.05) is 0 Å². The van der Waals surface area contributed by atoms with Crippen LogP contribution in [0.3, 0.4) is 0 Å². The molecule has 0 aliphatic carbocycles. The summed E-state index contributed by atoms with van der Waals surface area (Å²) in [6.07, 6.45) is 1.15. The molecule has 106 valence electrons. The van der Waals surface area contributed by atoms with E-state index in [9.17, 15) is 13.2 Å². The first kappa shape index (κ1) is 15.7. The topological polar surface area (TPSA) is 96.4 Å². The summed E-state index contributed by atoms with van der Waals surface area (Å²) in [6, 6.07) is 2.89. The summed E-state index contributed by atoms with van der Waals surface area (Å²) in [5, 5.41) is 11.7. The summed E-state index contributed by atoms with van der Waals surface area (Å²) >= 11 is 5.69. The number of pyridine rings is 1. The zero-order valence-corrected chi connectivity index (χ0v) is 12.3. The summed E-state index contributed by atoms with van der Waals surface area (Å²) in [5.74, 6) is -0.977. The molecule has 0 radical (unpaired) electrons. The minimum atomic E-state index is -3.24. The van der Waals surface area contributed by atoms with Gasteiger partial charge in [-0.25, -0.2) is 18.2 Å². The molecule has 2 N–H and O–H groups in total. The molecule has 19 heavy (non-hydrogen) atoms. The van der Waals surface area contributed by atoms with Gasteiger partial charge < -0.3 is 10.4 Å². The van der Waals surface area contributed by atoms with E-state index in [-0.39, 0.29) is 23.1 Å². The van der Waals surface area contributed by atoms with Crippen molar-refractivity contribution in [3.8, 4) is 0 Å². The van der Waals surface area contributed by atoms with Crippen LogP contribution in [0.1, 0.15) is 24.3 Å². The molecule has 8 heteroatoms. The van der Waals surface area contributed by atoms with Gasteiger partial charge in [0.1, 0.15) is 5.82 Å². The highest BCUT2D eigenvalue weighted by Gasteiger charge is 2.30. The molecule has 0 aliphatic rings. The standard InChI is InChI=1S/C11H15ClN2O4S/c1-11(2,19(3,17)18)6-13-8-5-4-7(12)9(14-8)10(15)16/h4-5H,6H2,1-3H3,(H,13,14)(H,15,16). The van der Waals surface area contributed by atoms with Crippen LogP contribution in [0.15, 0.2) is 12.1 Å². The molecule has 1 heterocycles. The van der Waals surface area contributed by atoms with Gasteiger partial charge >= 0.3 is 5.97 Å². The van der Waals surface area contributed by atoms with Crippen LogP contribution in [0.25, 0.3) is 0 Å². The van der Waals surface area contributed by atoms with Crippen molar-refractivity contribution in [1.82, 2.24) is 4.98 Å². The number of sulfone groups is 1. The maximum absolute atomic E-state index is 11.5. The first-order valence-corrected chi connectivity index (χ1v) is 7.65. The van der Waals surface area contributed by atoms with Crippen molar-refractivity contribution in [3.05, 3.63) is 22.8 Å². The fraction of sp³-hybridized carbons (Fsp3) is 0.455. The van der Waals surface area contributed by atoms with Crippen LogP contribution >= 0.6 is 11.6 Å². The van der Waals surface area contributed by atoms with E-state index in [0.717, 1.165) is 6.26 Å². The highest BCUT2D eigenvalue weighted by atomic mass is 35.5. The van der Waals surface area contributed by atoms with Crippen LogP contribution in [-0.4, -0.2) is 42.0 Å². The van der Waals surface area contributed by atoms with Gasteiger partial charge in [0, 0.05) is 12.8 Å². The highest BCUT2D eigenvalue weighted by molar-refractivity contribution is 7.92. The summed E-state index contributed by atoms with van der Waals surface area (Å²) in [6.45, 7) is 3.26. The van der Waals surface area contributed by atoms with Crippen molar-refractivity contribution in [2.45, 2.75) is 18.6 Å². The van der Waals surface area contributed by atoms with Crippen molar-refractivity contribution < 1.29 is 18.3 Å². The molecule has 1 rings (SSSR count). The third-order valence-corrected chi connectivity index (χ3v) is 5.20. The number of aromatic nitrogens is 1. The van der Waals surface area contributed by atoms with E-state index in [1.54, 1.807) is 13.8 Å². The molecule has 0 aliphatic heterocycles.